The van der Waals surface area contributed by atoms with Gasteiger partial charge in [0.2, 0.25) is 0 Å². The number of nitrogens with one attached hydrogen (secondary N) is 1. The Morgan fingerprint density at radius 1 is 1.41 bits per heavy atom. The molecule has 1 aliphatic rings. The third kappa shape index (κ3) is 4.46. The lowest BCUT2D eigenvalue weighted by Gasteiger charge is -2.34. The molecule has 0 unspecified atom stereocenters. The summed E-state index contributed by atoms with van der Waals surface area (Å²) in [5.41, 5.74) is 0.611. The molecule has 1 aromatic rings. The number of aromatic nitrogens is 2. The molecule has 2 heterocycles. The van der Waals surface area contributed by atoms with E-state index < -0.39 is 0 Å². The van der Waals surface area contributed by atoms with E-state index in [9.17, 15) is 4.79 Å². The molecular weight excluding hydrogens is 300 g/mol. The van der Waals surface area contributed by atoms with Crippen LogP contribution in [0, 0.1) is 0 Å². The molecule has 5 nitrogen and oxygen atoms in total. The highest BCUT2D eigenvalue weighted by atomic mass is 35.5. The van der Waals surface area contributed by atoms with E-state index in [2.05, 4.69) is 38.1 Å². The number of nitrogens with zero attached hydrogens (tertiary/aromatic N) is 3. The maximum absolute atomic E-state index is 12.8. The molecule has 0 aliphatic carbocycles. The van der Waals surface area contributed by atoms with Crippen molar-refractivity contribution < 1.29 is 4.79 Å². The number of piperidine rings is 1. The first-order valence-electron chi connectivity index (χ1n) is 8.00. The van der Waals surface area contributed by atoms with Crippen LogP contribution >= 0.6 is 12.4 Å². The minimum absolute atomic E-state index is 0. The summed E-state index contributed by atoms with van der Waals surface area (Å²) in [6.07, 6.45) is 6.66. The van der Waals surface area contributed by atoms with Crippen molar-refractivity contribution in [3.63, 3.8) is 0 Å². The molecule has 0 saturated carbocycles. The van der Waals surface area contributed by atoms with Crippen LogP contribution in [0.5, 0.6) is 0 Å². The molecule has 0 atom stereocenters. The molecule has 1 amide bonds. The van der Waals surface area contributed by atoms with Crippen LogP contribution in [0.15, 0.2) is 12.4 Å². The highest BCUT2D eigenvalue weighted by Crippen LogP contribution is 2.18. The number of halogens is 1. The lowest BCUT2D eigenvalue weighted by Crippen LogP contribution is -2.46. The molecular formula is C16H29ClN4O. The Hall–Kier alpha value is -1.07. The Bertz CT molecular complexity index is 475. The van der Waals surface area contributed by atoms with Crippen LogP contribution in [-0.2, 0) is 5.54 Å². The van der Waals surface area contributed by atoms with Crippen molar-refractivity contribution >= 4 is 18.3 Å². The molecule has 0 radical (unpaired) electrons. The van der Waals surface area contributed by atoms with Crippen LogP contribution in [0.2, 0.25) is 0 Å². The fourth-order valence-corrected chi connectivity index (χ4v) is 2.78. The van der Waals surface area contributed by atoms with E-state index in [0.717, 1.165) is 38.9 Å². The number of carbonyl (C=O) groups is 1. The smallest absolute Gasteiger partial charge is 0.257 e. The zero-order valence-electron chi connectivity index (χ0n) is 14.1. The lowest BCUT2D eigenvalue weighted by atomic mass is 10.0. The zero-order valence-corrected chi connectivity index (χ0v) is 14.9. The summed E-state index contributed by atoms with van der Waals surface area (Å²) in [6, 6.07) is 0.358. The summed E-state index contributed by atoms with van der Waals surface area (Å²) in [5.74, 6) is 0.124. The molecule has 6 heteroatoms. The van der Waals surface area contributed by atoms with Gasteiger partial charge in [0.1, 0.15) is 0 Å². The van der Waals surface area contributed by atoms with Gasteiger partial charge < -0.3 is 10.2 Å². The fraction of sp³-hybridized carbons (Fsp3) is 0.750. The van der Waals surface area contributed by atoms with Gasteiger partial charge in [-0.05, 0) is 53.1 Å². The van der Waals surface area contributed by atoms with Gasteiger partial charge in [-0.15, -0.1) is 12.4 Å². The topological polar surface area (TPSA) is 50.2 Å². The van der Waals surface area contributed by atoms with Gasteiger partial charge in [-0.1, -0.05) is 6.92 Å². The molecule has 0 aromatic carbocycles. The Morgan fingerprint density at radius 2 is 2.05 bits per heavy atom. The molecule has 1 saturated heterocycles. The average Bonchev–Trinajstić information content (AvgIpc) is 2.95. The summed E-state index contributed by atoms with van der Waals surface area (Å²) in [4.78, 5) is 14.9. The molecule has 22 heavy (non-hydrogen) atoms. The standard InChI is InChI=1S/C16H28N4O.ClH/c1-5-10-19(14-6-8-17-9-7-14)15(21)13-11-18-20(12-13)16(2,3)4;/h11-12,14,17H,5-10H2,1-4H3;1H. The van der Waals surface area contributed by atoms with Gasteiger partial charge in [0.05, 0.1) is 17.3 Å². The second kappa shape index (κ2) is 7.97. The predicted octanol–water partition coefficient (Wildman–Crippen LogP) is 2.66. The number of carbonyl (C=O) groups excluding carboxylic acids is 1. The van der Waals surface area contributed by atoms with Crippen LogP contribution in [0.25, 0.3) is 0 Å². The van der Waals surface area contributed by atoms with Gasteiger partial charge in [-0.25, -0.2) is 0 Å². The molecule has 1 fully saturated rings. The highest BCUT2D eigenvalue weighted by molar-refractivity contribution is 5.94. The Balaban J connectivity index is 0.00000242. The minimum atomic E-state index is -0.0944. The summed E-state index contributed by atoms with van der Waals surface area (Å²) < 4.78 is 1.87. The van der Waals surface area contributed by atoms with Gasteiger partial charge in [-0.2, -0.15) is 5.10 Å². The van der Waals surface area contributed by atoms with E-state index in [1.807, 2.05) is 15.8 Å². The van der Waals surface area contributed by atoms with Crippen molar-refractivity contribution in [3.8, 4) is 0 Å². The first kappa shape index (κ1) is 19.0. The summed E-state index contributed by atoms with van der Waals surface area (Å²) in [6.45, 7) is 11.2. The molecule has 2 rings (SSSR count). The average molecular weight is 329 g/mol. The summed E-state index contributed by atoms with van der Waals surface area (Å²) in [5, 5.41) is 7.71. The van der Waals surface area contributed by atoms with E-state index in [-0.39, 0.29) is 23.9 Å². The van der Waals surface area contributed by atoms with Crippen LogP contribution < -0.4 is 5.32 Å². The second-order valence-electron chi connectivity index (χ2n) is 6.82. The van der Waals surface area contributed by atoms with Gasteiger partial charge in [-0.3, -0.25) is 9.48 Å². The first-order valence-corrected chi connectivity index (χ1v) is 8.00. The van der Waals surface area contributed by atoms with E-state index in [0.29, 0.717) is 11.6 Å². The van der Waals surface area contributed by atoms with Crippen molar-refractivity contribution in [3.05, 3.63) is 18.0 Å². The van der Waals surface area contributed by atoms with Crippen LogP contribution in [0.3, 0.4) is 0 Å². The van der Waals surface area contributed by atoms with E-state index in [1.165, 1.54) is 0 Å². The van der Waals surface area contributed by atoms with Gasteiger partial charge >= 0.3 is 0 Å². The fourth-order valence-electron chi connectivity index (χ4n) is 2.78. The molecule has 0 spiro atoms. The molecule has 1 aliphatic heterocycles. The maximum Gasteiger partial charge on any atom is 0.257 e. The van der Waals surface area contributed by atoms with Crippen molar-refractivity contribution in [1.82, 2.24) is 20.0 Å². The normalized spacial score (nSPS) is 16.2. The second-order valence-corrected chi connectivity index (χ2v) is 6.82. The van der Waals surface area contributed by atoms with Crippen LogP contribution in [0.4, 0.5) is 0 Å². The Morgan fingerprint density at radius 3 is 2.55 bits per heavy atom. The molecule has 1 aromatic heterocycles. The third-order valence-electron chi connectivity index (χ3n) is 3.99. The first-order chi connectivity index (χ1) is 9.93. The third-order valence-corrected chi connectivity index (χ3v) is 3.99. The summed E-state index contributed by atoms with van der Waals surface area (Å²) >= 11 is 0. The minimum Gasteiger partial charge on any atom is -0.335 e. The highest BCUT2D eigenvalue weighted by Gasteiger charge is 2.27. The van der Waals surface area contributed by atoms with E-state index >= 15 is 0 Å². The predicted molar refractivity (Wildman–Crippen MR) is 91.7 cm³/mol. The summed E-state index contributed by atoms with van der Waals surface area (Å²) in [7, 11) is 0. The van der Waals surface area contributed by atoms with Crippen LogP contribution in [-0.4, -0.2) is 46.3 Å². The van der Waals surface area contributed by atoms with E-state index in [4.69, 9.17) is 0 Å². The van der Waals surface area contributed by atoms with Crippen molar-refractivity contribution in [2.75, 3.05) is 19.6 Å². The van der Waals surface area contributed by atoms with Crippen molar-refractivity contribution in [2.45, 2.75) is 58.5 Å². The van der Waals surface area contributed by atoms with Gasteiger partial charge in [0, 0.05) is 18.8 Å². The number of amides is 1. The number of hydrogen-bond acceptors (Lipinski definition) is 3. The zero-order chi connectivity index (χ0) is 15.5. The molecule has 1 N–H and O–H groups in total. The lowest BCUT2D eigenvalue weighted by molar-refractivity contribution is 0.0642. The maximum atomic E-state index is 12.8. The number of rotatable bonds is 4. The molecule has 0 bridgehead atoms. The number of hydrogen-bond donors (Lipinski definition) is 1. The van der Waals surface area contributed by atoms with Crippen LogP contribution in [0.1, 0.15) is 57.3 Å². The molecule has 126 valence electrons. The van der Waals surface area contributed by atoms with Gasteiger partial charge in [0.15, 0.2) is 0 Å². The Labute approximate surface area is 139 Å². The van der Waals surface area contributed by atoms with Gasteiger partial charge in [0.25, 0.3) is 5.91 Å². The Kier molecular flexibility index (Phi) is 6.88. The van der Waals surface area contributed by atoms with E-state index in [1.54, 1.807) is 6.20 Å². The SMILES string of the molecule is CCCN(C(=O)c1cnn(C(C)(C)C)c1)C1CCNCC1.Cl. The van der Waals surface area contributed by atoms with Crippen molar-refractivity contribution in [1.29, 1.82) is 0 Å². The quantitative estimate of drug-likeness (QED) is 0.924. The largest absolute Gasteiger partial charge is 0.335 e. The monoisotopic (exact) mass is 328 g/mol. The van der Waals surface area contributed by atoms with Crippen molar-refractivity contribution in [2.24, 2.45) is 0 Å².